The van der Waals surface area contributed by atoms with Crippen molar-refractivity contribution in [3.63, 3.8) is 0 Å². The van der Waals surface area contributed by atoms with Gasteiger partial charge in [0.1, 0.15) is 5.82 Å². The van der Waals surface area contributed by atoms with Gasteiger partial charge < -0.3 is 0 Å². The third-order valence-corrected chi connectivity index (χ3v) is 1.76. The van der Waals surface area contributed by atoms with Crippen LogP contribution in [0.4, 0.5) is 4.39 Å². The van der Waals surface area contributed by atoms with Crippen molar-refractivity contribution >= 4 is 0 Å². The van der Waals surface area contributed by atoms with Crippen LogP contribution in [0.2, 0.25) is 0 Å². The average Bonchev–Trinajstić information content (AvgIpc) is 2.05. The summed E-state index contributed by atoms with van der Waals surface area (Å²) in [7, 11) is 0. The predicted octanol–water partition coefficient (Wildman–Crippen LogP) is 2.35. The fraction of sp³-hybridized carbons (Fsp3) is 0.444. The second-order valence-corrected chi connectivity index (χ2v) is 2.44. The molecule has 0 aromatic carbocycles. The van der Waals surface area contributed by atoms with E-state index in [4.69, 9.17) is 0 Å². The van der Waals surface area contributed by atoms with Crippen molar-refractivity contribution in [1.29, 1.82) is 0 Å². The second-order valence-electron chi connectivity index (χ2n) is 2.44. The van der Waals surface area contributed by atoms with E-state index in [1.165, 1.54) is 0 Å². The second kappa shape index (κ2) is 3.46. The number of aryl methyl sites for hydroxylation is 2. The van der Waals surface area contributed by atoms with Crippen LogP contribution in [0.25, 0.3) is 0 Å². The van der Waals surface area contributed by atoms with Gasteiger partial charge in [-0.2, -0.15) is 0 Å². The van der Waals surface area contributed by atoms with Gasteiger partial charge in [0.25, 0.3) is 0 Å². The van der Waals surface area contributed by atoms with E-state index in [2.05, 4.69) is 4.98 Å². The summed E-state index contributed by atoms with van der Waals surface area (Å²) in [5, 5.41) is 0. The molecule has 0 unspecified atom stereocenters. The van der Waals surface area contributed by atoms with E-state index in [1.54, 1.807) is 12.3 Å². The minimum atomic E-state index is -0.127. The van der Waals surface area contributed by atoms with Gasteiger partial charge >= 0.3 is 0 Å². The molecule has 1 aromatic rings. The van der Waals surface area contributed by atoms with Crippen molar-refractivity contribution in [2.24, 2.45) is 0 Å². The third kappa shape index (κ3) is 1.56. The van der Waals surface area contributed by atoms with Crippen LogP contribution >= 0.6 is 0 Å². The first kappa shape index (κ1) is 8.18. The Hall–Kier alpha value is -0.920. The number of rotatable bonds is 2. The van der Waals surface area contributed by atoms with E-state index in [9.17, 15) is 4.39 Å². The van der Waals surface area contributed by atoms with E-state index in [0.29, 0.717) is 12.1 Å². The number of hydrogen-bond acceptors (Lipinski definition) is 1. The molecular weight excluding hydrogens is 141 g/mol. The minimum absolute atomic E-state index is 0.127. The van der Waals surface area contributed by atoms with Crippen molar-refractivity contribution in [2.45, 2.75) is 26.7 Å². The Kier molecular flexibility index (Phi) is 2.58. The molecule has 60 valence electrons. The maximum atomic E-state index is 13.2. The Morgan fingerprint density at radius 2 is 2.09 bits per heavy atom. The Balaban J connectivity index is 3.10. The molecule has 0 aliphatic heterocycles. The lowest BCUT2D eigenvalue weighted by molar-refractivity contribution is 0.586. The maximum Gasteiger partial charge on any atom is 0.147 e. The van der Waals surface area contributed by atoms with Crippen LogP contribution in [0.15, 0.2) is 12.3 Å². The molecular formula is C9H12FN. The summed E-state index contributed by atoms with van der Waals surface area (Å²) in [6.07, 6.45) is 3.07. The van der Waals surface area contributed by atoms with Gasteiger partial charge in [-0.1, -0.05) is 13.8 Å². The molecule has 0 saturated heterocycles. The Morgan fingerprint density at radius 3 is 2.64 bits per heavy atom. The number of halogens is 1. The lowest BCUT2D eigenvalue weighted by Crippen LogP contribution is -1.97. The van der Waals surface area contributed by atoms with Crippen molar-refractivity contribution < 1.29 is 4.39 Å². The summed E-state index contributed by atoms with van der Waals surface area (Å²) in [6, 6.07) is 1.73. The first-order chi connectivity index (χ1) is 5.29. The van der Waals surface area contributed by atoms with Gasteiger partial charge in [0.15, 0.2) is 0 Å². The molecule has 0 atom stereocenters. The van der Waals surface area contributed by atoms with Crippen molar-refractivity contribution in [2.75, 3.05) is 0 Å². The molecule has 1 aromatic heterocycles. The summed E-state index contributed by atoms with van der Waals surface area (Å²) in [6.45, 7) is 3.85. The van der Waals surface area contributed by atoms with Crippen LogP contribution in [-0.4, -0.2) is 4.98 Å². The maximum absolute atomic E-state index is 13.2. The SMILES string of the molecule is CCc1ccnc(CC)c1F. The zero-order valence-electron chi connectivity index (χ0n) is 6.89. The molecule has 0 aliphatic carbocycles. The molecule has 0 amide bonds. The van der Waals surface area contributed by atoms with Crippen LogP contribution in [0.5, 0.6) is 0 Å². The topological polar surface area (TPSA) is 12.9 Å². The molecule has 1 heterocycles. The fourth-order valence-corrected chi connectivity index (χ4v) is 1.05. The van der Waals surface area contributed by atoms with Crippen LogP contribution in [-0.2, 0) is 12.8 Å². The van der Waals surface area contributed by atoms with E-state index in [0.717, 1.165) is 12.0 Å². The zero-order valence-corrected chi connectivity index (χ0v) is 6.89. The van der Waals surface area contributed by atoms with Crippen LogP contribution in [0, 0.1) is 5.82 Å². The smallest absolute Gasteiger partial charge is 0.147 e. The van der Waals surface area contributed by atoms with Gasteiger partial charge in [-0.05, 0) is 24.5 Å². The van der Waals surface area contributed by atoms with Gasteiger partial charge in [0.05, 0.1) is 5.69 Å². The molecule has 1 rings (SSSR count). The number of pyridine rings is 1. The largest absolute Gasteiger partial charge is 0.258 e. The van der Waals surface area contributed by atoms with E-state index in [-0.39, 0.29) is 5.82 Å². The monoisotopic (exact) mass is 153 g/mol. The highest BCUT2D eigenvalue weighted by Gasteiger charge is 2.04. The molecule has 0 aliphatic rings. The van der Waals surface area contributed by atoms with Gasteiger partial charge in [0, 0.05) is 6.20 Å². The highest BCUT2D eigenvalue weighted by atomic mass is 19.1. The number of nitrogens with zero attached hydrogens (tertiary/aromatic N) is 1. The van der Waals surface area contributed by atoms with Crippen molar-refractivity contribution in [1.82, 2.24) is 4.98 Å². The van der Waals surface area contributed by atoms with Crippen molar-refractivity contribution in [3.05, 3.63) is 29.3 Å². The van der Waals surface area contributed by atoms with Crippen LogP contribution in [0.3, 0.4) is 0 Å². The summed E-state index contributed by atoms with van der Waals surface area (Å²) >= 11 is 0. The Morgan fingerprint density at radius 1 is 1.36 bits per heavy atom. The molecule has 0 radical (unpaired) electrons. The highest BCUT2D eigenvalue weighted by molar-refractivity contribution is 5.18. The first-order valence-corrected chi connectivity index (χ1v) is 3.91. The fourth-order valence-electron chi connectivity index (χ4n) is 1.05. The van der Waals surface area contributed by atoms with Crippen LogP contribution < -0.4 is 0 Å². The Bertz CT molecular complexity index is 223. The standard InChI is InChI=1S/C9H12FN/c1-3-7-5-6-11-8(4-2)9(7)10/h5-6H,3-4H2,1-2H3. The quantitative estimate of drug-likeness (QED) is 0.635. The lowest BCUT2D eigenvalue weighted by atomic mass is 10.1. The molecule has 0 N–H and O–H groups in total. The van der Waals surface area contributed by atoms with E-state index in [1.807, 2.05) is 13.8 Å². The zero-order chi connectivity index (χ0) is 8.27. The highest BCUT2D eigenvalue weighted by Crippen LogP contribution is 2.10. The average molecular weight is 153 g/mol. The minimum Gasteiger partial charge on any atom is -0.258 e. The van der Waals surface area contributed by atoms with Crippen LogP contribution in [0.1, 0.15) is 25.1 Å². The summed E-state index contributed by atoms with van der Waals surface area (Å²) in [5.41, 5.74) is 1.33. The van der Waals surface area contributed by atoms with Gasteiger partial charge in [0.2, 0.25) is 0 Å². The normalized spacial score (nSPS) is 10.1. The molecule has 11 heavy (non-hydrogen) atoms. The summed E-state index contributed by atoms with van der Waals surface area (Å²) < 4.78 is 13.2. The van der Waals surface area contributed by atoms with E-state index >= 15 is 0 Å². The molecule has 0 spiro atoms. The number of hydrogen-bond donors (Lipinski definition) is 0. The first-order valence-electron chi connectivity index (χ1n) is 3.91. The molecule has 0 fully saturated rings. The van der Waals surface area contributed by atoms with Gasteiger partial charge in [-0.15, -0.1) is 0 Å². The van der Waals surface area contributed by atoms with Gasteiger partial charge in [-0.3, -0.25) is 4.98 Å². The molecule has 2 heteroatoms. The predicted molar refractivity (Wildman–Crippen MR) is 43.0 cm³/mol. The summed E-state index contributed by atoms with van der Waals surface area (Å²) in [5.74, 6) is -0.127. The summed E-state index contributed by atoms with van der Waals surface area (Å²) in [4.78, 5) is 3.93. The third-order valence-electron chi connectivity index (χ3n) is 1.76. The Labute approximate surface area is 66.3 Å². The molecule has 1 nitrogen and oxygen atoms in total. The molecule has 0 bridgehead atoms. The molecule has 0 saturated carbocycles. The lowest BCUT2D eigenvalue weighted by Gasteiger charge is -2.02. The van der Waals surface area contributed by atoms with Crippen molar-refractivity contribution in [3.8, 4) is 0 Å². The van der Waals surface area contributed by atoms with Gasteiger partial charge in [-0.25, -0.2) is 4.39 Å². The number of aromatic nitrogens is 1. The van der Waals surface area contributed by atoms with E-state index < -0.39 is 0 Å².